The van der Waals surface area contributed by atoms with Gasteiger partial charge in [-0.05, 0) is 56.6 Å². The van der Waals surface area contributed by atoms with Crippen molar-refractivity contribution in [3.8, 4) is 0 Å². The van der Waals surface area contributed by atoms with Crippen LogP contribution in [0.1, 0.15) is 46.5 Å². The molecule has 160 valence electrons. The molecule has 4 aliphatic rings. The van der Waals surface area contributed by atoms with E-state index < -0.39 is 70.0 Å². The van der Waals surface area contributed by atoms with E-state index in [1.54, 1.807) is 13.8 Å². The molecule has 7 heteroatoms. The molecule has 0 aromatic heterocycles. The Morgan fingerprint density at radius 1 is 1.31 bits per heavy atom. The summed E-state index contributed by atoms with van der Waals surface area (Å²) in [5.74, 6) is -4.20. The third kappa shape index (κ3) is 2.19. The zero-order valence-corrected chi connectivity index (χ0v) is 16.9. The second-order valence-corrected chi connectivity index (χ2v) is 9.87. The molecule has 3 saturated carbocycles. The molecule has 0 aromatic rings. The number of halogens is 2. The maximum atomic E-state index is 16.9. The summed E-state index contributed by atoms with van der Waals surface area (Å²) in [6, 6.07) is 0. The minimum atomic E-state index is -2.23. The number of rotatable bonds is 2. The van der Waals surface area contributed by atoms with E-state index in [2.05, 4.69) is 0 Å². The van der Waals surface area contributed by atoms with E-state index in [0.717, 1.165) is 12.2 Å². The molecule has 4 aliphatic carbocycles. The van der Waals surface area contributed by atoms with Gasteiger partial charge in [0.2, 0.25) is 5.78 Å². The fraction of sp³-hybridized carbons (Fsp3) is 0.727. The summed E-state index contributed by atoms with van der Waals surface area (Å²) in [5, 5.41) is 31.9. The third-order valence-corrected chi connectivity index (χ3v) is 8.85. The molecule has 8 atom stereocenters. The van der Waals surface area contributed by atoms with Gasteiger partial charge in [0, 0.05) is 16.7 Å². The van der Waals surface area contributed by atoms with Gasteiger partial charge in [0.1, 0.15) is 12.2 Å². The first-order valence-electron chi connectivity index (χ1n) is 10.2. The Morgan fingerprint density at radius 2 is 1.97 bits per heavy atom. The largest absolute Gasteiger partial charge is 0.390 e. The summed E-state index contributed by atoms with van der Waals surface area (Å²) in [6.45, 7) is 4.09. The highest BCUT2D eigenvalue weighted by molar-refractivity contribution is 6.04. The lowest BCUT2D eigenvalue weighted by atomic mass is 9.44. The number of allylic oxidation sites excluding steroid dienone is 4. The van der Waals surface area contributed by atoms with Gasteiger partial charge in [-0.15, -0.1) is 0 Å². The summed E-state index contributed by atoms with van der Waals surface area (Å²) >= 11 is 0. The van der Waals surface area contributed by atoms with E-state index in [1.165, 1.54) is 6.92 Å². The molecule has 0 bridgehead atoms. The van der Waals surface area contributed by atoms with Crippen LogP contribution < -0.4 is 0 Å². The van der Waals surface area contributed by atoms with Crippen molar-refractivity contribution in [1.82, 2.24) is 0 Å². The van der Waals surface area contributed by atoms with E-state index in [4.69, 9.17) is 0 Å². The predicted molar refractivity (Wildman–Crippen MR) is 100.0 cm³/mol. The van der Waals surface area contributed by atoms with Crippen LogP contribution in [-0.2, 0) is 9.59 Å². The molecule has 3 fully saturated rings. The number of Topliss-reactive ketones (excluding diaryl/α,β-unsaturated/α-hetero) is 1. The van der Waals surface area contributed by atoms with Crippen LogP contribution in [0.5, 0.6) is 0 Å². The number of ketones is 2. The first-order valence-corrected chi connectivity index (χ1v) is 10.2. The second-order valence-electron chi connectivity index (χ2n) is 9.87. The fourth-order valence-corrected chi connectivity index (χ4v) is 7.31. The van der Waals surface area contributed by atoms with Gasteiger partial charge >= 0.3 is 0 Å². The average molecular weight is 410 g/mol. The highest BCUT2D eigenvalue weighted by atomic mass is 19.1. The van der Waals surface area contributed by atoms with Crippen molar-refractivity contribution in [2.45, 2.75) is 63.8 Å². The van der Waals surface area contributed by atoms with Gasteiger partial charge in [0.25, 0.3) is 0 Å². The maximum absolute atomic E-state index is 16.9. The monoisotopic (exact) mass is 410 g/mol. The van der Waals surface area contributed by atoms with Crippen LogP contribution in [0.3, 0.4) is 0 Å². The Hall–Kier alpha value is -1.44. The topological polar surface area (TPSA) is 94.8 Å². The van der Waals surface area contributed by atoms with Crippen LogP contribution >= 0.6 is 0 Å². The van der Waals surface area contributed by atoms with Gasteiger partial charge in [-0.2, -0.15) is 0 Å². The Bertz CT molecular complexity index is 852. The standard InChI is InChI=1S/C22H28F2O5/c1-11-6-14-13-5-4-12-7-16(26)15(23)8-19(12,2)21(13,24)17(27)9-20(14,3)22(11,29)18(28)10-25/h7-8,11,13-14,17,25,27,29H,4-6,9-10H2,1-3H3/t11-,13+,14+,17+,19+,20+,21+,22+/m1/s1. The lowest BCUT2D eigenvalue weighted by molar-refractivity contribution is -0.219. The average Bonchev–Trinajstić information content (AvgIpc) is 2.85. The number of carbonyl (C=O) groups is 2. The normalized spacial score (nSPS) is 51.5. The summed E-state index contributed by atoms with van der Waals surface area (Å²) < 4.78 is 31.1. The minimum Gasteiger partial charge on any atom is -0.390 e. The highest BCUT2D eigenvalue weighted by Crippen LogP contribution is 2.70. The van der Waals surface area contributed by atoms with Crippen LogP contribution in [0.25, 0.3) is 0 Å². The number of hydrogen-bond donors (Lipinski definition) is 3. The van der Waals surface area contributed by atoms with Crippen molar-refractivity contribution >= 4 is 11.6 Å². The Morgan fingerprint density at radius 3 is 2.59 bits per heavy atom. The molecular formula is C22H28F2O5. The molecule has 0 spiro atoms. The molecule has 0 saturated heterocycles. The van der Waals surface area contributed by atoms with Crippen molar-refractivity contribution in [3.63, 3.8) is 0 Å². The van der Waals surface area contributed by atoms with E-state index in [-0.39, 0.29) is 6.42 Å². The number of hydrogen-bond acceptors (Lipinski definition) is 5. The molecule has 0 unspecified atom stereocenters. The Labute approximate surface area is 168 Å². The summed E-state index contributed by atoms with van der Waals surface area (Å²) in [6.07, 6.45) is 1.47. The highest BCUT2D eigenvalue weighted by Gasteiger charge is 2.75. The van der Waals surface area contributed by atoms with E-state index in [0.29, 0.717) is 24.8 Å². The predicted octanol–water partition coefficient (Wildman–Crippen LogP) is 2.19. The van der Waals surface area contributed by atoms with Crippen molar-refractivity contribution in [1.29, 1.82) is 0 Å². The molecular weight excluding hydrogens is 382 g/mol. The number of aliphatic hydroxyl groups excluding tert-OH is 2. The first-order chi connectivity index (χ1) is 13.4. The van der Waals surface area contributed by atoms with Crippen LogP contribution in [0.4, 0.5) is 8.78 Å². The molecule has 0 aromatic carbocycles. The Balaban J connectivity index is 1.85. The van der Waals surface area contributed by atoms with Crippen molar-refractivity contribution in [2.75, 3.05) is 6.61 Å². The molecule has 0 amide bonds. The minimum absolute atomic E-state index is 0.191. The number of fused-ring (bicyclic) bond motifs is 5. The van der Waals surface area contributed by atoms with Gasteiger partial charge in [0.15, 0.2) is 17.3 Å². The Kier molecular flexibility index (Phi) is 4.34. The number of aliphatic hydroxyl groups is 3. The van der Waals surface area contributed by atoms with Crippen LogP contribution in [0.2, 0.25) is 0 Å². The van der Waals surface area contributed by atoms with E-state index >= 15 is 4.39 Å². The fourth-order valence-electron chi connectivity index (χ4n) is 7.31. The summed E-state index contributed by atoms with van der Waals surface area (Å²) in [7, 11) is 0. The van der Waals surface area contributed by atoms with Gasteiger partial charge in [-0.3, -0.25) is 9.59 Å². The molecule has 5 nitrogen and oxygen atoms in total. The van der Waals surface area contributed by atoms with Gasteiger partial charge in [-0.1, -0.05) is 19.4 Å². The molecule has 29 heavy (non-hydrogen) atoms. The van der Waals surface area contributed by atoms with Crippen molar-refractivity contribution < 1.29 is 33.7 Å². The summed E-state index contributed by atoms with van der Waals surface area (Å²) in [5.41, 5.74) is -6.21. The second kappa shape index (κ2) is 6.05. The summed E-state index contributed by atoms with van der Waals surface area (Å²) in [4.78, 5) is 24.3. The first kappa shape index (κ1) is 20.8. The van der Waals surface area contributed by atoms with Gasteiger partial charge in [-0.25, -0.2) is 8.78 Å². The lowest BCUT2D eigenvalue weighted by Crippen LogP contribution is -2.69. The lowest BCUT2D eigenvalue weighted by Gasteiger charge is -2.62. The molecule has 4 rings (SSSR count). The molecule has 3 N–H and O–H groups in total. The molecule has 0 aliphatic heterocycles. The van der Waals surface area contributed by atoms with Crippen LogP contribution in [0.15, 0.2) is 23.6 Å². The number of alkyl halides is 1. The zero-order chi connectivity index (χ0) is 21.6. The molecule has 0 heterocycles. The van der Waals surface area contributed by atoms with Gasteiger partial charge < -0.3 is 15.3 Å². The SMILES string of the molecule is C[C@@H]1C[C@H]2[C@@H]3CCC4=CC(=O)C(F)=C[C@]4(C)[C@@]3(F)[C@@H](O)C[C@]2(C)[C@@]1(O)C(=O)CO. The van der Waals surface area contributed by atoms with Gasteiger partial charge in [0.05, 0.1) is 6.10 Å². The van der Waals surface area contributed by atoms with Crippen LogP contribution in [0, 0.1) is 28.6 Å². The quantitative estimate of drug-likeness (QED) is 0.649. The smallest absolute Gasteiger partial charge is 0.213 e. The van der Waals surface area contributed by atoms with E-state index in [9.17, 15) is 29.3 Å². The number of carbonyl (C=O) groups excluding carboxylic acids is 2. The molecule has 0 radical (unpaired) electrons. The van der Waals surface area contributed by atoms with E-state index in [1.807, 2.05) is 0 Å². The zero-order valence-electron chi connectivity index (χ0n) is 16.9. The van der Waals surface area contributed by atoms with Crippen molar-refractivity contribution in [2.24, 2.45) is 28.6 Å². The maximum Gasteiger partial charge on any atom is 0.213 e. The third-order valence-electron chi connectivity index (χ3n) is 8.85. The van der Waals surface area contributed by atoms with Crippen molar-refractivity contribution in [3.05, 3.63) is 23.6 Å². The van der Waals surface area contributed by atoms with Crippen LogP contribution in [-0.4, -0.2) is 50.9 Å².